The van der Waals surface area contributed by atoms with E-state index in [4.69, 9.17) is 16.3 Å². The van der Waals surface area contributed by atoms with Crippen molar-refractivity contribution in [3.63, 3.8) is 0 Å². The van der Waals surface area contributed by atoms with Crippen molar-refractivity contribution in [2.24, 2.45) is 0 Å². The molecule has 0 bridgehead atoms. The van der Waals surface area contributed by atoms with Gasteiger partial charge in [-0.1, -0.05) is 25.1 Å². The average molecular weight is 306 g/mol. The zero-order chi connectivity index (χ0) is 13.5. The molecule has 19 heavy (non-hydrogen) atoms. The topological polar surface area (TPSA) is 12.5 Å². The normalized spacial score (nSPS) is 12.1. The minimum Gasteiger partial charge on any atom is -0.492 e. The lowest BCUT2D eigenvalue weighted by Gasteiger charge is -2.22. The molecular weight excluding hydrogens is 281 g/mol. The van der Waals surface area contributed by atoms with E-state index in [1.54, 1.807) is 0 Å². The maximum atomic E-state index is 6.02. The summed E-state index contributed by atoms with van der Waals surface area (Å²) in [4.78, 5) is 2.31. The first-order chi connectivity index (χ1) is 8.54. The van der Waals surface area contributed by atoms with E-state index in [-0.39, 0.29) is 17.8 Å². The highest BCUT2D eigenvalue weighted by molar-refractivity contribution is 6.20. The average Bonchev–Trinajstić information content (AvgIpc) is 2.31. The van der Waals surface area contributed by atoms with Gasteiger partial charge in [0.2, 0.25) is 0 Å². The fourth-order valence-electron chi connectivity index (χ4n) is 2.04. The summed E-state index contributed by atoms with van der Waals surface area (Å²) in [6, 6.07) is 6.23. The molecule has 0 heterocycles. The van der Waals surface area contributed by atoms with Crippen LogP contribution in [0.25, 0.3) is 0 Å². The molecule has 4 heteroatoms. The minimum absolute atomic E-state index is 0. The lowest BCUT2D eigenvalue weighted by Crippen LogP contribution is -2.32. The van der Waals surface area contributed by atoms with Crippen molar-refractivity contribution >= 4 is 24.0 Å². The Labute approximate surface area is 128 Å². The number of aryl methyl sites for hydroxylation is 2. The van der Waals surface area contributed by atoms with Crippen LogP contribution in [-0.2, 0) is 0 Å². The van der Waals surface area contributed by atoms with Crippen LogP contribution < -0.4 is 4.74 Å². The quantitative estimate of drug-likeness (QED) is 0.705. The van der Waals surface area contributed by atoms with Crippen molar-refractivity contribution in [1.29, 1.82) is 0 Å². The number of para-hydroxylation sites is 1. The van der Waals surface area contributed by atoms with Crippen molar-refractivity contribution in [1.82, 2.24) is 4.90 Å². The molecule has 0 aliphatic rings. The zero-order valence-electron chi connectivity index (χ0n) is 12.3. The second kappa shape index (κ2) is 9.46. The monoisotopic (exact) mass is 305 g/mol. The molecule has 110 valence electrons. The van der Waals surface area contributed by atoms with E-state index >= 15 is 0 Å². The van der Waals surface area contributed by atoms with Gasteiger partial charge in [0.05, 0.1) is 0 Å². The molecule has 0 fully saturated rings. The SMILES string of the molecule is CCN(CCOc1c(C)cccc1C)CC(C)Cl.Cl. The number of nitrogens with zero attached hydrogens (tertiary/aromatic N) is 1. The van der Waals surface area contributed by atoms with Gasteiger partial charge in [-0.15, -0.1) is 24.0 Å². The third-order valence-corrected chi connectivity index (χ3v) is 3.16. The maximum Gasteiger partial charge on any atom is 0.125 e. The molecule has 0 spiro atoms. The smallest absolute Gasteiger partial charge is 0.125 e. The van der Waals surface area contributed by atoms with Crippen LogP contribution in [0.4, 0.5) is 0 Å². The zero-order valence-corrected chi connectivity index (χ0v) is 13.9. The summed E-state index contributed by atoms with van der Waals surface area (Å²) < 4.78 is 5.90. The number of benzene rings is 1. The van der Waals surface area contributed by atoms with E-state index in [1.807, 2.05) is 6.92 Å². The van der Waals surface area contributed by atoms with Gasteiger partial charge in [-0.2, -0.15) is 0 Å². The second-order valence-electron chi connectivity index (χ2n) is 4.74. The summed E-state index contributed by atoms with van der Waals surface area (Å²) in [5.41, 5.74) is 2.40. The highest BCUT2D eigenvalue weighted by Crippen LogP contribution is 2.22. The van der Waals surface area contributed by atoms with Crippen LogP contribution in [0.1, 0.15) is 25.0 Å². The minimum atomic E-state index is 0. The van der Waals surface area contributed by atoms with Crippen molar-refractivity contribution in [3.8, 4) is 5.75 Å². The third-order valence-electron chi connectivity index (χ3n) is 3.02. The van der Waals surface area contributed by atoms with Crippen molar-refractivity contribution in [2.75, 3.05) is 26.2 Å². The predicted molar refractivity (Wildman–Crippen MR) is 86.1 cm³/mol. The Kier molecular flexibility index (Phi) is 9.24. The Balaban J connectivity index is 0.00000324. The van der Waals surface area contributed by atoms with Crippen molar-refractivity contribution < 1.29 is 4.74 Å². The number of hydrogen-bond donors (Lipinski definition) is 0. The van der Waals surface area contributed by atoms with Gasteiger partial charge in [0, 0.05) is 18.5 Å². The van der Waals surface area contributed by atoms with E-state index in [0.717, 1.165) is 25.4 Å². The Bertz CT molecular complexity index is 349. The fraction of sp³-hybridized carbons (Fsp3) is 0.600. The number of likely N-dealkylation sites (N-methyl/N-ethyl adjacent to an activating group) is 1. The summed E-state index contributed by atoms with van der Waals surface area (Å²) in [6.45, 7) is 11.9. The fourth-order valence-corrected chi connectivity index (χ4v) is 2.23. The molecule has 1 atom stereocenters. The van der Waals surface area contributed by atoms with Gasteiger partial charge in [0.1, 0.15) is 12.4 Å². The maximum absolute atomic E-state index is 6.02. The van der Waals surface area contributed by atoms with Crippen LogP contribution in [0.15, 0.2) is 18.2 Å². The van der Waals surface area contributed by atoms with Gasteiger partial charge in [-0.25, -0.2) is 0 Å². The molecule has 1 unspecified atom stereocenters. The molecule has 0 N–H and O–H groups in total. The van der Waals surface area contributed by atoms with Crippen molar-refractivity contribution in [3.05, 3.63) is 29.3 Å². The van der Waals surface area contributed by atoms with Crippen LogP contribution in [0.3, 0.4) is 0 Å². The van der Waals surface area contributed by atoms with Gasteiger partial charge in [-0.05, 0) is 38.4 Å². The van der Waals surface area contributed by atoms with E-state index < -0.39 is 0 Å². The molecule has 1 aromatic carbocycles. The van der Waals surface area contributed by atoms with Gasteiger partial charge >= 0.3 is 0 Å². The van der Waals surface area contributed by atoms with Crippen LogP contribution >= 0.6 is 24.0 Å². The summed E-state index contributed by atoms with van der Waals surface area (Å²) >= 11 is 6.02. The Morgan fingerprint density at radius 2 is 1.84 bits per heavy atom. The molecule has 1 aromatic rings. The van der Waals surface area contributed by atoms with Gasteiger partial charge in [0.25, 0.3) is 0 Å². The van der Waals surface area contributed by atoms with Crippen LogP contribution in [0, 0.1) is 13.8 Å². The highest BCUT2D eigenvalue weighted by Gasteiger charge is 2.07. The van der Waals surface area contributed by atoms with Crippen molar-refractivity contribution in [2.45, 2.75) is 33.1 Å². The number of alkyl halides is 1. The number of ether oxygens (including phenoxy) is 1. The Morgan fingerprint density at radius 1 is 1.26 bits per heavy atom. The first-order valence-corrected chi connectivity index (χ1v) is 7.03. The van der Waals surface area contributed by atoms with E-state index in [0.29, 0.717) is 6.61 Å². The summed E-state index contributed by atoms with van der Waals surface area (Å²) in [6.07, 6.45) is 0. The molecular formula is C15H25Cl2NO. The van der Waals surface area contributed by atoms with Crippen LogP contribution in [0.5, 0.6) is 5.75 Å². The molecule has 1 rings (SSSR count). The molecule has 0 aromatic heterocycles. The summed E-state index contributed by atoms with van der Waals surface area (Å²) in [5.74, 6) is 1.02. The number of hydrogen-bond acceptors (Lipinski definition) is 2. The lowest BCUT2D eigenvalue weighted by molar-refractivity contribution is 0.215. The molecule has 2 nitrogen and oxygen atoms in total. The van der Waals surface area contributed by atoms with Crippen LogP contribution in [-0.4, -0.2) is 36.5 Å². The molecule has 0 saturated carbocycles. The first kappa shape index (κ1) is 18.6. The standard InChI is InChI=1S/C15H24ClNO.ClH/c1-5-17(11-14(4)16)9-10-18-15-12(2)7-6-8-13(15)3;/h6-8,14H,5,9-11H2,1-4H3;1H. The molecule has 0 amide bonds. The van der Waals surface area contributed by atoms with E-state index in [9.17, 15) is 0 Å². The van der Waals surface area contributed by atoms with Crippen LogP contribution in [0.2, 0.25) is 0 Å². The molecule has 0 aliphatic heterocycles. The van der Waals surface area contributed by atoms with E-state index in [1.165, 1.54) is 11.1 Å². The molecule has 0 aliphatic carbocycles. The second-order valence-corrected chi connectivity index (χ2v) is 5.49. The van der Waals surface area contributed by atoms with E-state index in [2.05, 4.69) is 43.9 Å². The summed E-state index contributed by atoms with van der Waals surface area (Å²) in [5, 5.41) is 0.185. The molecule has 0 radical (unpaired) electrons. The van der Waals surface area contributed by atoms with Gasteiger partial charge < -0.3 is 4.74 Å². The Morgan fingerprint density at radius 3 is 2.32 bits per heavy atom. The highest BCUT2D eigenvalue weighted by atomic mass is 35.5. The first-order valence-electron chi connectivity index (χ1n) is 6.60. The van der Waals surface area contributed by atoms with Gasteiger partial charge in [-0.3, -0.25) is 4.90 Å². The lowest BCUT2D eigenvalue weighted by atomic mass is 10.1. The van der Waals surface area contributed by atoms with Gasteiger partial charge in [0.15, 0.2) is 0 Å². The predicted octanol–water partition coefficient (Wildman–Crippen LogP) is 4.05. The number of rotatable bonds is 7. The molecule has 0 saturated heterocycles. The Hall–Kier alpha value is -0.440. The number of halogens is 2. The largest absolute Gasteiger partial charge is 0.492 e. The third kappa shape index (κ3) is 6.51. The summed E-state index contributed by atoms with van der Waals surface area (Å²) in [7, 11) is 0.